The minimum absolute atomic E-state index is 0.254. The summed E-state index contributed by atoms with van der Waals surface area (Å²) < 4.78 is 43.6. The quantitative estimate of drug-likeness (QED) is 0.852. The van der Waals surface area contributed by atoms with Crippen LogP contribution in [0.3, 0.4) is 0 Å². The lowest BCUT2D eigenvalue weighted by Crippen LogP contribution is -2.47. The first-order valence-corrected chi connectivity index (χ1v) is 7.80. The van der Waals surface area contributed by atoms with Crippen LogP contribution in [0.25, 0.3) is 0 Å². The molecule has 2 atom stereocenters. The average molecular weight is 293 g/mol. The fraction of sp³-hybridized carbons (Fsp3) is 1.00. The van der Waals surface area contributed by atoms with Crippen molar-refractivity contribution < 1.29 is 17.9 Å². The molecule has 1 N–H and O–H groups in total. The molecular formula is C15H26F3NO. The number of ether oxygens (including phenoxy) is 1. The first kappa shape index (κ1) is 16.1. The van der Waals surface area contributed by atoms with Crippen molar-refractivity contribution in [2.45, 2.75) is 76.7 Å². The Kier molecular flexibility index (Phi) is 5.35. The lowest BCUT2D eigenvalue weighted by atomic mass is 9.84. The van der Waals surface area contributed by atoms with Gasteiger partial charge < -0.3 is 10.1 Å². The molecular weight excluding hydrogens is 267 g/mol. The van der Waals surface area contributed by atoms with Gasteiger partial charge in [0.1, 0.15) is 0 Å². The molecule has 2 aliphatic rings. The van der Waals surface area contributed by atoms with Gasteiger partial charge in [0.25, 0.3) is 0 Å². The van der Waals surface area contributed by atoms with E-state index < -0.39 is 12.1 Å². The van der Waals surface area contributed by atoms with E-state index in [-0.39, 0.29) is 25.0 Å². The van der Waals surface area contributed by atoms with Crippen molar-refractivity contribution in [3.05, 3.63) is 0 Å². The standard InChI is InChI=1S/C15H26F3NO/c1-10(2)14-9-13(7-8-20-14)19-12-5-3-11(4-6-12)15(16,17)18/h10-14,19H,3-9H2,1-2H3. The van der Waals surface area contributed by atoms with Crippen molar-refractivity contribution in [2.24, 2.45) is 11.8 Å². The van der Waals surface area contributed by atoms with E-state index in [1.807, 2.05) is 0 Å². The van der Waals surface area contributed by atoms with Crippen LogP contribution in [0, 0.1) is 11.8 Å². The normalized spacial score (nSPS) is 36.3. The molecule has 5 heteroatoms. The molecule has 2 unspecified atom stereocenters. The average Bonchev–Trinajstić information content (AvgIpc) is 2.38. The maximum Gasteiger partial charge on any atom is 0.391 e. The van der Waals surface area contributed by atoms with Crippen molar-refractivity contribution >= 4 is 0 Å². The zero-order chi connectivity index (χ0) is 14.8. The summed E-state index contributed by atoms with van der Waals surface area (Å²) in [5.41, 5.74) is 0. The van der Waals surface area contributed by atoms with Crippen molar-refractivity contribution in [1.82, 2.24) is 5.32 Å². The molecule has 0 bridgehead atoms. The highest BCUT2D eigenvalue weighted by molar-refractivity contribution is 4.86. The van der Waals surface area contributed by atoms with Crippen LogP contribution in [0.2, 0.25) is 0 Å². The Hall–Kier alpha value is -0.290. The molecule has 20 heavy (non-hydrogen) atoms. The molecule has 2 rings (SSSR count). The van der Waals surface area contributed by atoms with Gasteiger partial charge in [0.15, 0.2) is 0 Å². The molecule has 0 amide bonds. The molecule has 118 valence electrons. The summed E-state index contributed by atoms with van der Waals surface area (Å²) in [6.07, 6.45) is 0.0800. The molecule has 0 spiro atoms. The highest BCUT2D eigenvalue weighted by atomic mass is 19.4. The van der Waals surface area contributed by atoms with Gasteiger partial charge >= 0.3 is 6.18 Å². The van der Waals surface area contributed by atoms with Crippen molar-refractivity contribution in [3.63, 3.8) is 0 Å². The predicted octanol–water partition coefficient (Wildman–Crippen LogP) is 3.90. The second-order valence-electron chi connectivity index (χ2n) is 6.63. The van der Waals surface area contributed by atoms with Crippen LogP contribution in [-0.4, -0.2) is 31.0 Å². The first-order valence-electron chi connectivity index (χ1n) is 7.80. The zero-order valence-electron chi connectivity index (χ0n) is 12.4. The summed E-state index contributed by atoms with van der Waals surface area (Å²) in [7, 11) is 0. The van der Waals surface area contributed by atoms with E-state index in [1.165, 1.54) is 0 Å². The van der Waals surface area contributed by atoms with E-state index in [9.17, 15) is 13.2 Å². The topological polar surface area (TPSA) is 21.3 Å². The van der Waals surface area contributed by atoms with Gasteiger partial charge in [0, 0.05) is 18.7 Å². The van der Waals surface area contributed by atoms with Crippen LogP contribution in [-0.2, 0) is 4.74 Å². The molecule has 1 saturated heterocycles. The third kappa shape index (κ3) is 4.35. The highest BCUT2D eigenvalue weighted by Crippen LogP contribution is 2.37. The molecule has 1 saturated carbocycles. The molecule has 0 aromatic carbocycles. The molecule has 0 radical (unpaired) electrons. The molecule has 1 aliphatic heterocycles. The Morgan fingerprint density at radius 3 is 2.20 bits per heavy atom. The van der Waals surface area contributed by atoms with Gasteiger partial charge in [0.2, 0.25) is 0 Å². The monoisotopic (exact) mass is 293 g/mol. The Balaban J connectivity index is 1.75. The number of hydrogen-bond donors (Lipinski definition) is 1. The Morgan fingerprint density at radius 1 is 1.00 bits per heavy atom. The summed E-state index contributed by atoms with van der Waals surface area (Å²) in [6.45, 7) is 5.07. The molecule has 2 fully saturated rings. The van der Waals surface area contributed by atoms with Crippen molar-refractivity contribution in [2.75, 3.05) is 6.61 Å². The van der Waals surface area contributed by atoms with E-state index in [0.29, 0.717) is 24.8 Å². The van der Waals surface area contributed by atoms with Gasteiger partial charge in [-0.15, -0.1) is 0 Å². The minimum atomic E-state index is -4.01. The Morgan fingerprint density at radius 2 is 1.65 bits per heavy atom. The maximum absolute atomic E-state index is 12.6. The third-order valence-corrected chi connectivity index (χ3v) is 4.72. The lowest BCUT2D eigenvalue weighted by molar-refractivity contribution is -0.183. The minimum Gasteiger partial charge on any atom is -0.378 e. The van der Waals surface area contributed by atoms with Gasteiger partial charge in [0.05, 0.1) is 12.0 Å². The number of halogens is 3. The molecule has 2 nitrogen and oxygen atoms in total. The van der Waals surface area contributed by atoms with E-state index in [1.54, 1.807) is 0 Å². The van der Waals surface area contributed by atoms with Crippen LogP contribution < -0.4 is 5.32 Å². The zero-order valence-corrected chi connectivity index (χ0v) is 12.4. The second-order valence-corrected chi connectivity index (χ2v) is 6.63. The SMILES string of the molecule is CC(C)C1CC(NC2CCC(C(F)(F)F)CC2)CCO1. The number of hydrogen-bond acceptors (Lipinski definition) is 2. The van der Waals surface area contributed by atoms with Crippen LogP contribution in [0.1, 0.15) is 52.4 Å². The molecule has 0 aromatic rings. The third-order valence-electron chi connectivity index (χ3n) is 4.72. The van der Waals surface area contributed by atoms with Gasteiger partial charge in [-0.25, -0.2) is 0 Å². The summed E-state index contributed by atoms with van der Waals surface area (Å²) in [6, 6.07) is 0.660. The molecule has 1 aliphatic carbocycles. The number of rotatable bonds is 3. The van der Waals surface area contributed by atoms with Gasteiger partial charge in [-0.1, -0.05) is 13.8 Å². The Labute approximate surface area is 119 Å². The van der Waals surface area contributed by atoms with Crippen LogP contribution in [0.15, 0.2) is 0 Å². The van der Waals surface area contributed by atoms with E-state index >= 15 is 0 Å². The smallest absolute Gasteiger partial charge is 0.378 e. The maximum atomic E-state index is 12.6. The Bertz CT molecular complexity index is 298. The number of alkyl halides is 3. The molecule has 1 heterocycles. The predicted molar refractivity (Wildman–Crippen MR) is 72.5 cm³/mol. The number of nitrogens with one attached hydrogen (secondary N) is 1. The van der Waals surface area contributed by atoms with Crippen LogP contribution >= 0.6 is 0 Å². The summed E-state index contributed by atoms with van der Waals surface area (Å²) in [5, 5.41) is 3.57. The van der Waals surface area contributed by atoms with Crippen molar-refractivity contribution in [3.8, 4) is 0 Å². The first-order chi connectivity index (χ1) is 9.36. The summed E-state index contributed by atoms with van der Waals surface area (Å²) >= 11 is 0. The van der Waals surface area contributed by atoms with E-state index in [0.717, 1.165) is 19.4 Å². The fourth-order valence-corrected chi connectivity index (χ4v) is 3.36. The van der Waals surface area contributed by atoms with Gasteiger partial charge in [-0.05, 0) is 44.4 Å². The summed E-state index contributed by atoms with van der Waals surface area (Å²) in [4.78, 5) is 0. The van der Waals surface area contributed by atoms with Crippen LogP contribution in [0.5, 0.6) is 0 Å². The van der Waals surface area contributed by atoms with E-state index in [4.69, 9.17) is 4.74 Å². The second kappa shape index (κ2) is 6.65. The van der Waals surface area contributed by atoms with Gasteiger partial charge in [-0.2, -0.15) is 13.2 Å². The van der Waals surface area contributed by atoms with Gasteiger partial charge in [-0.3, -0.25) is 0 Å². The highest BCUT2D eigenvalue weighted by Gasteiger charge is 2.41. The largest absolute Gasteiger partial charge is 0.391 e. The fourth-order valence-electron chi connectivity index (χ4n) is 3.36. The van der Waals surface area contributed by atoms with E-state index in [2.05, 4.69) is 19.2 Å². The van der Waals surface area contributed by atoms with Crippen LogP contribution in [0.4, 0.5) is 13.2 Å². The summed E-state index contributed by atoms with van der Waals surface area (Å²) in [5.74, 6) is -0.584. The van der Waals surface area contributed by atoms with Crippen molar-refractivity contribution in [1.29, 1.82) is 0 Å². The molecule has 0 aromatic heterocycles. The lowest BCUT2D eigenvalue weighted by Gasteiger charge is -2.37.